The van der Waals surface area contributed by atoms with Gasteiger partial charge in [-0.2, -0.15) is 0 Å². The SMILES string of the molecule is CC(C)C[C@@H](NCCc1ccc(-n2c(N)c(C(=O)c3ccc(Cl)cc3)ccc2=O)cc1)C(=O)OC1CCCC1. The fourth-order valence-corrected chi connectivity index (χ4v) is 5.08. The third-order valence-corrected chi connectivity index (χ3v) is 7.31. The van der Waals surface area contributed by atoms with Gasteiger partial charge in [-0.05, 0) is 99.0 Å². The van der Waals surface area contributed by atoms with Gasteiger partial charge >= 0.3 is 5.97 Å². The molecule has 39 heavy (non-hydrogen) atoms. The number of nitrogens with zero attached hydrogens (tertiary/aromatic N) is 1. The molecule has 1 heterocycles. The van der Waals surface area contributed by atoms with Gasteiger partial charge in [-0.1, -0.05) is 37.6 Å². The van der Waals surface area contributed by atoms with E-state index in [0.29, 0.717) is 35.2 Å². The summed E-state index contributed by atoms with van der Waals surface area (Å²) in [6.45, 7) is 4.81. The van der Waals surface area contributed by atoms with Crippen LogP contribution in [0, 0.1) is 5.92 Å². The molecule has 1 aliphatic carbocycles. The molecule has 1 aliphatic rings. The summed E-state index contributed by atoms with van der Waals surface area (Å²) in [6, 6.07) is 16.5. The van der Waals surface area contributed by atoms with Crippen molar-refractivity contribution in [2.75, 3.05) is 12.3 Å². The number of nitrogens with one attached hydrogen (secondary N) is 1. The van der Waals surface area contributed by atoms with Crippen LogP contribution in [0.1, 0.15) is 67.4 Å². The average molecular weight is 550 g/mol. The maximum atomic E-state index is 13.0. The van der Waals surface area contributed by atoms with Crippen molar-refractivity contribution in [3.8, 4) is 5.69 Å². The number of ketones is 1. The molecule has 1 aromatic heterocycles. The van der Waals surface area contributed by atoms with E-state index in [9.17, 15) is 14.4 Å². The Hall–Kier alpha value is -3.42. The van der Waals surface area contributed by atoms with Crippen molar-refractivity contribution in [3.63, 3.8) is 0 Å². The zero-order valence-electron chi connectivity index (χ0n) is 22.5. The van der Waals surface area contributed by atoms with Crippen LogP contribution in [-0.2, 0) is 16.0 Å². The van der Waals surface area contributed by atoms with Gasteiger partial charge in [0, 0.05) is 16.7 Å². The average Bonchev–Trinajstić information content (AvgIpc) is 3.42. The van der Waals surface area contributed by atoms with Crippen LogP contribution in [0.4, 0.5) is 5.82 Å². The van der Waals surface area contributed by atoms with Crippen LogP contribution in [0.2, 0.25) is 5.02 Å². The highest BCUT2D eigenvalue weighted by atomic mass is 35.5. The Morgan fingerprint density at radius 3 is 2.33 bits per heavy atom. The number of aromatic nitrogens is 1. The van der Waals surface area contributed by atoms with Crippen molar-refractivity contribution in [3.05, 3.63) is 92.7 Å². The van der Waals surface area contributed by atoms with E-state index in [1.807, 2.05) is 24.3 Å². The summed E-state index contributed by atoms with van der Waals surface area (Å²) in [5.74, 6) is -0.00460. The molecule has 0 radical (unpaired) electrons. The lowest BCUT2D eigenvalue weighted by atomic mass is 10.0. The number of nitrogen functional groups attached to an aromatic ring is 1. The first-order valence-electron chi connectivity index (χ1n) is 13.6. The van der Waals surface area contributed by atoms with Gasteiger partial charge in [0.25, 0.3) is 5.56 Å². The molecule has 4 rings (SSSR count). The van der Waals surface area contributed by atoms with E-state index >= 15 is 0 Å². The summed E-state index contributed by atoms with van der Waals surface area (Å²) in [6.07, 6.45) is 5.63. The number of halogens is 1. The van der Waals surface area contributed by atoms with Crippen LogP contribution in [0.15, 0.2) is 65.5 Å². The highest BCUT2D eigenvalue weighted by molar-refractivity contribution is 6.30. The molecule has 0 aliphatic heterocycles. The second-order valence-corrected chi connectivity index (χ2v) is 11.0. The van der Waals surface area contributed by atoms with E-state index in [2.05, 4.69) is 19.2 Å². The Labute approximate surface area is 234 Å². The van der Waals surface area contributed by atoms with Crippen LogP contribution in [0.3, 0.4) is 0 Å². The number of carbonyl (C=O) groups is 2. The van der Waals surface area contributed by atoms with E-state index in [1.165, 1.54) is 16.7 Å². The minimum Gasteiger partial charge on any atom is -0.461 e. The number of rotatable bonds is 11. The van der Waals surface area contributed by atoms with Gasteiger partial charge < -0.3 is 15.8 Å². The second-order valence-electron chi connectivity index (χ2n) is 10.5. The fourth-order valence-electron chi connectivity index (χ4n) is 4.96. The lowest BCUT2D eigenvalue weighted by molar-refractivity contribution is -0.151. The molecule has 0 bridgehead atoms. The summed E-state index contributed by atoms with van der Waals surface area (Å²) in [4.78, 5) is 38.5. The Morgan fingerprint density at radius 2 is 1.69 bits per heavy atom. The molecular formula is C31H36ClN3O4. The molecule has 1 fully saturated rings. The molecule has 8 heteroatoms. The number of anilines is 1. The largest absolute Gasteiger partial charge is 0.461 e. The quantitative estimate of drug-likeness (QED) is 0.247. The van der Waals surface area contributed by atoms with Gasteiger partial charge in [-0.3, -0.25) is 19.0 Å². The Balaban J connectivity index is 1.42. The molecule has 0 unspecified atom stereocenters. The van der Waals surface area contributed by atoms with E-state index in [4.69, 9.17) is 22.1 Å². The van der Waals surface area contributed by atoms with E-state index in [-0.39, 0.29) is 40.8 Å². The van der Waals surface area contributed by atoms with Crippen LogP contribution < -0.4 is 16.6 Å². The molecule has 1 atom stereocenters. The first-order chi connectivity index (χ1) is 18.7. The summed E-state index contributed by atoms with van der Waals surface area (Å²) < 4.78 is 7.08. The third kappa shape index (κ3) is 7.37. The van der Waals surface area contributed by atoms with Crippen molar-refractivity contribution in [1.82, 2.24) is 9.88 Å². The van der Waals surface area contributed by atoms with Crippen LogP contribution >= 0.6 is 11.6 Å². The Kier molecular flexibility index (Phi) is 9.59. The van der Waals surface area contributed by atoms with Gasteiger partial charge in [0.15, 0.2) is 5.78 Å². The molecular weight excluding hydrogens is 514 g/mol. The molecule has 2 aromatic carbocycles. The topological polar surface area (TPSA) is 103 Å². The first kappa shape index (κ1) is 28.6. The Bertz CT molecular complexity index is 1340. The minimum atomic E-state index is -0.329. The molecule has 0 amide bonds. The van der Waals surface area contributed by atoms with Gasteiger partial charge in [0.1, 0.15) is 18.0 Å². The number of esters is 1. The molecule has 1 saturated carbocycles. The number of hydrogen-bond donors (Lipinski definition) is 2. The van der Waals surface area contributed by atoms with Gasteiger partial charge in [0.05, 0.1) is 11.3 Å². The van der Waals surface area contributed by atoms with Crippen molar-refractivity contribution < 1.29 is 14.3 Å². The third-order valence-electron chi connectivity index (χ3n) is 7.06. The number of hydrogen-bond acceptors (Lipinski definition) is 6. The van der Waals surface area contributed by atoms with E-state index < -0.39 is 0 Å². The van der Waals surface area contributed by atoms with E-state index in [0.717, 1.165) is 37.7 Å². The molecule has 0 saturated heterocycles. The molecule has 7 nitrogen and oxygen atoms in total. The number of pyridine rings is 1. The molecule has 0 spiro atoms. The minimum absolute atomic E-state index is 0.0531. The van der Waals surface area contributed by atoms with Crippen LogP contribution in [0.5, 0.6) is 0 Å². The van der Waals surface area contributed by atoms with Crippen LogP contribution in [-0.4, -0.2) is 35.0 Å². The number of benzene rings is 2. The Morgan fingerprint density at radius 1 is 1.03 bits per heavy atom. The fraction of sp³-hybridized carbons (Fsp3) is 0.387. The highest BCUT2D eigenvalue weighted by Gasteiger charge is 2.26. The molecule has 206 valence electrons. The van der Waals surface area contributed by atoms with Gasteiger partial charge in [0.2, 0.25) is 0 Å². The van der Waals surface area contributed by atoms with Crippen molar-refractivity contribution in [2.24, 2.45) is 5.92 Å². The zero-order chi connectivity index (χ0) is 27.9. The summed E-state index contributed by atoms with van der Waals surface area (Å²) in [7, 11) is 0. The van der Waals surface area contributed by atoms with Crippen molar-refractivity contribution in [2.45, 2.75) is 64.5 Å². The molecule has 3 aromatic rings. The van der Waals surface area contributed by atoms with Crippen molar-refractivity contribution in [1.29, 1.82) is 0 Å². The monoisotopic (exact) mass is 549 g/mol. The van der Waals surface area contributed by atoms with Gasteiger partial charge in [-0.25, -0.2) is 0 Å². The normalized spacial score (nSPS) is 14.5. The van der Waals surface area contributed by atoms with Crippen molar-refractivity contribution >= 4 is 29.2 Å². The van der Waals surface area contributed by atoms with Crippen LogP contribution in [0.25, 0.3) is 5.69 Å². The predicted octanol–water partition coefficient (Wildman–Crippen LogP) is 5.34. The standard InChI is InChI=1S/C31H36ClN3O4/c1-20(2)19-27(31(38)39-25-5-3-4-6-25)34-18-17-21-7-13-24(14-8-21)35-28(36)16-15-26(30(35)33)29(37)22-9-11-23(32)12-10-22/h7-16,20,25,27,34H,3-6,17-19,33H2,1-2H3/t27-/m1/s1. The smallest absolute Gasteiger partial charge is 0.323 e. The highest BCUT2D eigenvalue weighted by Crippen LogP contribution is 2.23. The lowest BCUT2D eigenvalue weighted by Crippen LogP contribution is -2.41. The second kappa shape index (κ2) is 13.1. The maximum absolute atomic E-state index is 13.0. The summed E-state index contributed by atoms with van der Waals surface area (Å²) in [5, 5.41) is 3.91. The number of carbonyl (C=O) groups excluding carboxylic acids is 2. The van der Waals surface area contributed by atoms with E-state index in [1.54, 1.807) is 24.3 Å². The summed E-state index contributed by atoms with van der Waals surface area (Å²) in [5.41, 5.74) is 8.28. The number of ether oxygens (including phenoxy) is 1. The predicted molar refractivity (Wildman–Crippen MR) is 155 cm³/mol. The lowest BCUT2D eigenvalue weighted by Gasteiger charge is -2.22. The maximum Gasteiger partial charge on any atom is 0.323 e. The van der Waals surface area contributed by atoms with Gasteiger partial charge in [-0.15, -0.1) is 0 Å². The molecule has 3 N–H and O–H groups in total. The summed E-state index contributed by atoms with van der Waals surface area (Å²) >= 11 is 5.94. The number of nitrogens with two attached hydrogens (primary N) is 1. The first-order valence-corrected chi connectivity index (χ1v) is 14.0. The zero-order valence-corrected chi connectivity index (χ0v) is 23.2.